The maximum absolute atomic E-state index is 11.9. The van der Waals surface area contributed by atoms with Gasteiger partial charge in [-0.2, -0.15) is 0 Å². The number of carbonyl (C=O) groups is 1. The van der Waals surface area contributed by atoms with Gasteiger partial charge in [-0.25, -0.2) is 4.98 Å². The number of aromatic nitrogens is 2. The number of fused-ring (bicyclic) bond motifs is 1. The number of imidazole rings is 1. The van der Waals surface area contributed by atoms with E-state index in [1.807, 2.05) is 43.3 Å². The van der Waals surface area contributed by atoms with E-state index in [0.29, 0.717) is 6.61 Å². The summed E-state index contributed by atoms with van der Waals surface area (Å²) in [4.78, 5) is 16.7. The Morgan fingerprint density at radius 3 is 2.79 bits per heavy atom. The molecule has 3 aromatic rings. The molecule has 0 saturated heterocycles. The summed E-state index contributed by atoms with van der Waals surface area (Å²) in [5.74, 6) is 1.62. The summed E-state index contributed by atoms with van der Waals surface area (Å²) >= 11 is 0. The molecule has 0 aliphatic rings. The van der Waals surface area contributed by atoms with E-state index in [4.69, 9.17) is 14.5 Å². The third-order valence-corrected chi connectivity index (χ3v) is 4.76. The standard InChI is InChI=1S/C23H29N3O3/c1-17-9-8-10-19(15-17)29-14-7-6-13-26-21-12-5-4-11-20(21)25-23(26)18(2)24-22(27)16-28-3/h4-5,8-12,15,18H,6-7,13-14,16H2,1-3H3,(H,24,27). The molecule has 1 amide bonds. The van der Waals surface area contributed by atoms with Crippen LogP contribution in [0.2, 0.25) is 0 Å². The molecule has 29 heavy (non-hydrogen) atoms. The van der Waals surface area contributed by atoms with Crippen molar-refractivity contribution < 1.29 is 14.3 Å². The first-order valence-electron chi connectivity index (χ1n) is 10.0. The quantitative estimate of drug-likeness (QED) is 0.527. The topological polar surface area (TPSA) is 65.4 Å². The van der Waals surface area contributed by atoms with Crippen LogP contribution in [0.1, 0.15) is 37.2 Å². The van der Waals surface area contributed by atoms with Crippen LogP contribution >= 0.6 is 0 Å². The zero-order valence-corrected chi connectivity index (χ0v) is 17.4. The minimum Gasteiger partial charge on any atom is -0.494 e. The second-order valence-corrected chi connectivity index (χ2v) is 7.20. The molecule has 154 valence electrons. The molecular weight excluding hydrogens is 366 g/mol. The van der Waals surface area contributed by atoms with E-state index in [9.17, 15) is 4.79 Å². The molecule has 1 N–H and O–H groups in total. The van der Waals surface area contributed by atoms with Crippen molar-refractivity contribution in [3.05, 3.63) is 59.9 Å². The van der Waals surface area contributed by atoms with Crippen molar-refractivity contribution in [2.24, 2.45) is 0 Å². The van der Waals surface area contributed by atoms with E-state index in [0.717, 1.165) is 42.0 Å². The van der Waals surface area contributed by atoms with Gasteiger partial charge in [0.2, 0.25) is 5.91 Å². The third-order valence-electron chi connectivity index (χ3n) is 4.76. The molecule has 0 saturated carbocycles. The Hall–Kier alpha value is -2.86. The second kappa shape index (κ2) is 10.1. The largest absolute Gasteiger partial charge is 0.494 e. The van der Waals surface area contributed by atoms with Gasteiger partial charge in [0.1, 0.15) is 18.2 Å². The number of para-hydroxylation sites is 2. The minimum atomic E-state index is -0.200. The van der Waals surface area contributed by atoms with E-state index >= 15 is 0 Å². The van der Waals surface area contributed by atoms with E-state index in [1.54, 1.807) is 0 Å². The fraction of sp³-hybridized carbons (Fsp3) is 0.391. The fourth-order valence-corrected chi connectivity index (χ4v) is 3.41. The van der Waals surface area contributed by atoms with Crippen molar-refractivity contribution in [3.8, 4) is 5.75 Å². The Morgan fingerprint density at radius 1 is 1.17 bits per heavy atom. The number of nitrogens with one attached hydrogen (secondary N) is 1. The van der Waals surface area contributed by atoms with Crippen LogP contribution in [-0.4, -0.2) is 35.8 Å². The van der Waals surface area contributed by atoms with Gasteiger partial charge >= 0.3 is 0 Å². The number of rotatable bonds is 10. The van der Waals surface area contributed by atoms with Crippen molar-refractivity contribution >= 4 is 16.9 Å². The number of hydrogen-bond donors (Lipinski definition) is 1. The molecule has 0 fully saturated rings. The summed E-state index contributed by atoms with van der Waals surface area (Å²) in [6, 6.07) is 16.0. The van der Waals surface area contributed by atoms with Crippen LogP contribution in [0.15, 0.2) is 48.5 Å². The van der Waals surface area contributed by atoms with Gasteiger partial charge in [-0.1, -0.05) is 24.3 Å². The van der Waals surface area contributed by atoms with Crippen molar-refractivity contribution in [1.29, 1.82) is 0 Å². The second-order valence-electron chi connectivity index (χ2n) is 7.20. The SMILES string of the molecule is COCC(=O)NC(C)c1nc2ccccc2n1CCCCOc1cccc(C)c1. The molecule has 6 heteroatoms. The molecule has 0 radical (unpaired) electrons. The summed E-state index contributed by atoms with van der Waals surface area (Å²) in [6.45, 7) is 5.54. The zero-order valence-electron chi connectivity index (χ0n) is 17.4. The highest BCUT2D eigenvalue weighted by Gasteiger charge is 2.18. The number of amides is 1. The van der Waals surface area contributed by atoms with Crippen molar-refractivity contribution in [2.75, 3.05) is 20.3 Å². The predicted molar refractivity (Wildman–Crippen MR) is 114 cm³/mol. The molecular formula is C23H29N3O3. The molecule has 0 aliphatic carbocycles. The van der Waals surface area contributed by atoms with Crippen molar-refractivity contribution in [3.63, 3.8) is 0 Å². The highest BCUT2D eigenvalue weighted by atomic mass is 16.5. The van der Waals surface area contributed by atoms with E-state index < -0.39 is 0 Å². The van der Waals surface area contributed by atoms with Gasteiger partial charge in [-0.15, -0.1) is 0 Å². The lowest BCUT2D eigenvalue weighted by molar-refractivity contribution is -0.125. The van der Waals surface area contributed by atoms with Crippen LogP contribution in [-0.2, 0) is 16.1 Å². The Bertz CT molecular complexity index is 951. The first kappa shape index (κ1) is 20.9. The Kier molecular flexibility index (Phi) is 7.25. The first-order valence-corrected chi connectivity index (χ1v) is 10.0. The monoisotopic (exact) mass is 395 g/mol. The molecule has 0 spiro atoms. The number of aryl methyl sites for hydroxylation is 2. The highest BCUT2D eigenvalue weighted by Crippen LogP contribution is 2.22. The van der Waals surface area contributed by atoms with Crippen LogP contribution in [0, 0.1) is 6.92 Å². The highest BCUT2D eigenvalue weighted by molar-refractivity contribution is 5.78. The Morgan fingerprint density at radius 2 is 2.00 bits per heavy atom. The van der Waals surface area contributed by atoms with E-state index in [1.165, 1.54) is 12.7 Å². The molecule has 2 aromatic carbocycles. The molecule has 1 heterocycles. The molecule has 6 nitrogen and oxygen atoms in total. The van der Waals surface area contributed by atoms with Gasteiger partial charge in [0, 0.05) is 13.7 Å². The fourth-order valence-electron chi connectivity index (χ4n) is 3.41. The maximum Gasteiger partial charge on any atom is 0.246 e. The van der Waals surface area contributed by atoms with Crippen LogP contribution in [0.4, 0.5) is 0 Å². The average Bonchev–Trinajstić information content (AvgIpc) is 3.07. The molecule has 0 aliphatic heterocycles. The number of nitrogens with zero attached hydrogens (tertiary/aromatic N) is 2. The summed E-state index contributed by atoms with van der Waals surface area (Å²) in [7, 11) is 1.51. The van der Waals surface area contributed by atoms with Crippen LogP contribution in [0.25, 0.3) is 11.0 Å². The zero-order chi connectivity index (χ0) is 20.6. The van der Waals surface area contributed by atoms with Crippen LogP contribution in [0.5, 0.6) is 5.75 Å². The van der Waals surface area contributed by atoms with Gasteiger partial charge in [-0.3, -0.25) is 4.79 Å². The number of carbonyl (C=O) groups excluding carboxylic acids is 1. The summed E-state index contributed by atoms with van der Waals surface area (Å²) in [5, 5.41) is 2.95. The molecule has 3 rings (SSSR count). The number of methoxy groups -OCH3 is 1. The maximum atomic E-state index is 11.9. The Labute approximate surface area is 171 Å². The number of benzene rings is 2. The molecule has 0 bridgehead atoms. The van der Waals surface area contributed by atoms with Gasteiger partial charge in [-0.05, 0) is 56.5 Å². The van der Waals surface area contributed by atoms with Crippen LogP contribution in [0.3, 0.4) is 0 Å². The van der Waals surface area contributed by atoms with Gasteiger partial charge in [0.25, 0.3) is 0 Å². The Balaban J connectivity index is 1.63. The van der Waals surface area contributed by atoms with E-state index in [2.05, 4.69) is 28.9 Å². The van der Waals surface area contributed by atoms with Crippen molar-refractivity contribution in [2.45, 2.75) is 39.3 Å². The lowest BCUT2D eigenvalue weighted by atomic mass is 10.2. The third kappa shape index (κ3) is 5.57. The van der Waals surface area contributed by atoms with Crippen LogP contribution < -0.4 is 10.1 Å². The van der Waals surface area contributed by atoms with Crippen molar-refractivity contribution in [1.82, 2.24) is 14.9 Å². The molecule has 1 atom stereocenters. The minimum absolute atomic E-state index is 0.0425. The van der Waals surface area contributed by atoms with Gasteiger partial charge in [0.05, 0.1) is 23.7 Å². The smallest absolute Gasteiger partial charge is 0.246 e. The number of unbranched alkanes of at least 4 members (excludes halogenated alkanes) is 1. The lowest BCUT2D eigenvalue weighted by Crippen LogP contribution is -2.31. The summed E-state index contributed by atoms with van der Waals surface area (Å²) in [6.07, 6.45) is 1.89. The van der Waals surface area contributed by atoms with Gasteiger partial charge < -0.3 is 19.4 Å². The summed E-state index contributed by atoms with van der Waals surface area (Å²) in [5.41, 5.74) is 3.21. The average molecular weight is 396 g/mol. The predicted octanol–water partition coefficient (Wildman–Crippen LogP) is 4.03. The molecule has 1 unspecified atom stereocenters. The van der Waals surface area contributed by atoms with E-state index in [-0.39, 0.29) is 18.6 Å². The normalized spacial score (nSPS) is 12.1. The summed E-state index contributed by atoms with van der Waals surface area (Å²) < 4.78 is 13.0. The molecule has 1 aromatic heterocycles. The van der Waals surface area contributed by atoms with Gasteiger partial charge in [0.15, 0.2) is 0 Å². The number of ether oxygens (including phenoxy) is 2. The first-order chi connectivity index (χ1) is 14.1. The lowest BCUT2D eigenvalue weighted by Gasteiger charge is -2.16. The number of hydrogen-bond acceptors (Lipinski definition) is 4.